The number of aliphatic carboxylic acids is 1. The standard InChI is InChI=1S/C43H39ClN4O3.Ni/c44-33-21-22-37(36(24-33)42(30-12-2-1-3-13-30)47-38(43(50)51)16-8-9-23-45)46-39(49)27-48-25-31-19-17-28-10-4-6-14-34(28)40(31)41-32(26-48)20-18-29-11-5-7-15-35(29)41;/h1-7,10-15,17-22,24,38H,8-9,16,23,25-27,45H2,(H,46,49)(H,50,51);/q;+2/p-2/t38-;/m1./s1. The first-order valence-electron chi connectivity index (χ1n) is 17.2. The van der Waals surface area contributed by atoms with E-state index in [1.807, 2.05) is 30.3 Å². The molecule has 0 aromatic heterocycles. The molecule has 1 heterocycles. The summed E-state index contributed by atoms with van der Waals surface area (Å²) in [5, 5.41) is 31.3. The van der Waals surface area contributed by atoms with Gasteiger partial charge in [0.25, 0.3) is 0 Å². The Labute approximate surface area is 318 Å². The summed E-state index contributed by atoms with van der Waals surface area (Å²) >= 11 is 6.51. The van der Waals surface area contributed by atoms with Gasteiger partial charge in [-0.15, -0.1) is 0 Å². The van der Waals surface area contributed by atoms with Crippen molar-refractivity contribution in [3.8, 4) is 11.1 Å². The van der Waals surface area contributed by atoms with E-state index in [0.29, 0.717) is 60.0 Å². The number of carboxylic acids is 1. The number of hydrogen-bond donors (Lipinski definition) is 1. The van der Waals surface area contributed by atoms with E-state index >= 15 is 0 Å². The van der Waals surface area contributed by atoms with Gasteiger partial charge in [-0.2, -0.15) is 0 Å². The molecule has 52 heavy (non-hydrogen) atoms. The predicted molar refractivity (Wildman–Crippen MR) is 203 cm³/mol. The molecule has 0 aliphatic carbocycles. The maximum absolute atomic E-state index is 13.9. The molecule has 0 spiro atoms. The van der Waals surface area contributed by atoms with Gasteiger partial charge < -0.3 is 20.7 Å². The van der Waals surface area contributed by atoms with Crippen LogP contribution in [-0.4, -0.2) is 41.6 Å². The molecule has 0 bridgehead atoms. The first-order valence-corrected chi connectivity index (χ1v) is 17.6. The van der Waals surface area contributed by atoms with Crippen molar-refractivity contribution in [1.82, 2.24) is 4.90 Å². The SMILES string of the molecule is NCCCC[C@@H](N=C(c1ccccc1)c1cc(Cl)ccc1N=C([O-])CN1Cc2ccc3ccccc3c2-c2c(ccc3ccccc23)C1)C(=O)[O-].[Ni+2]. The predicted octanol–water partition coefficient (Wildman–Crippen LogP) is 6.80. The van der Waals surface area contributed by atoms with Gasteiger partial charge in [0.2, 0.25) is 0 Å². The van der Waals surface area contributed by atoms with Crippen LogP contribution in [0.2, 0.25) is 5.02 Å². The van der Waals surface area contributed by atoms with Gasteiger partial charge in [-0.3, -0.25) is 14.9 Å². The van der Waals surface area contributed by atoms with Gasteiger partial charge in [0.15, 0.2) is 0 Å². The monoisotopic (exact) mass is 750 g/mol. The molecule has 7 rings (SSSR count). The minimum Gasteiger partial charge on any atom is -0.861 e. The number of hydrogen-bond acceptors (Lipinski definition) is 7. The van der Waals surface area contributed by atoms with E-state index < -0.39 is 12.0 Å². The molecule has 7 nitrogen and oxygen atoms in total. The van der Waals surface area contributed by atoms with E-state index in [1.54, 1.807) is 18.2 Å². The van der Waals surface area contributed by atoms with Crippen LogP contribution in [0.15, 0.2) is 131 Å². The maximum atomic E-state index is 13.9. The molecule has 0 unspecified atom stereocenters. The number of carboxylic acid groups (broad SMARTS) is 1. The molecule has 0 saturated heterocycles. The fourth-order valence-electron chi connectivity index (χ4n) is 7.06. The molecule has 6 aromatic carbocycles. The number of rotatable bonds is 11. The molecule has 1 aliphatic rings. The van der Waals surface area contributed by atoms with Crippen LogP contribution < -0.4 is 15.9 Å². The minimum atomic E-state index is -1.28. The Morgan fingerprint density at radius 3 is 1.96 bits per heavy atom. The van der Waals surface area contributed by atoms with Crippen LogP contribution in [0.4, 0.5) is 5.69 Å². The second-order valence-electron chi connectivity index (χ2n) is 12.9. The number of fused-ring (bicyclic) bond motifs is 7. The van der Waals surface area contributed by atoms with Crippen molar-refractivity contribution in [3.63, 3.8) is 0 Å². The fraction of sp³-hybridized carbons (Fsp3) is 0.186. The van der Waals surface area contributed by atoms with Crippen molar-refractivity contribution in [1.29, 1.82) is 0 Å². The Kier molecular flexibility index (Phi) is 11.8. The van der Waals surface area contributed by atoms with E-state index in [4.69, 9.17) is 22.3 Å². The Morgan fingerprint density at radius 2 is 1.37 bits per heavy atom. The Hall–Kier alpha value is -4.85. The second kappa shape index (κ2) is 16.7. The third-order valence-corrected chi connectivity index (χ3v) is 9.66. The van der Waals surface area contributed by atoms with Crippen molar-refractivity contribution in [2.24, 2.45) is 15.7 Å². The van der Waals surface area contributed by atoms with Crippen molar-refractivity contribution in [2.45, 2.75) is 38.4 Å². The molecule has 0 amide bonds. The molecule has 0 fully saturated rings. The quantitative estimate of drug-likeness (QED) is 0.0677. The summed E-state index contributed by atoms with van der Waals surface area (Å²) in [6, 6.07) is 38.7. The third kappa shape index (κ3) is 7.96. The molecule has 1 atom stereocenters. The molecule has 6 aromatic rings. The van der Waals surface area contributed by atoms with E-state index in [0.717, 1.165) is 11.1 Å². The zero-order chi connectivity index (χ0) is 35.3. The average molecular weight is 752 g/mol. The number of aliphatic imine (C=N–C) groups is 2. The Bertz CT molecular complexity index is 2210. The molecule has 9 heteroatoms. The van der Waals surface area contributed by atoms with Gasteiger partial charge >= 0.3 is 16.5 Å². The average Bonchev–Trinajstić information content (AvgIpc) is 3.30. The van der Waals surface area contributed by atoms with E-state index in [9.17, 15) is 15.0 Å². The summed E-state index contributed by atoms with van der Waals surface area (Å²) in [4.78, 5) is 23.7. The van der Waals surface area contributed by atoms with Crippen molar-refractivity contribution in [3.05, 3.63) is 149 Å². The number of halogens is 1. The second-order valence-corrected chi connectivity index (χ2v) is 13.4. The van der Waals surface area contributed by atoms with Crippen molar-refractivity contribution in [2.75, 3.05) is 13.1 Å². The van der Waals surface area contributed by atoms with Crippen LogP contribution in [0, 0.1) is 0 Å². The van der Waals surface area contributed by atoms with Crippen LogP contribution in [0.25, 0.3) is 32.7 Å². The fourth-order valence-corrected chi connectivity index (χ4v) is 7.23. The number of benzene rings is 6. The Morgan fingerprint density at radius 1 is 0.769 bits per heavy atom. The molecule has 1 aliphatic heterocycles. The number of unbranched alkanes of at least 4 members (excludes halogenated alkanes) is 1. The Balaban J connectivity index is 0.00000464. The summed E-state index contributed by atoms with van der Waals surface area (Å²) in [7, 11) is 0. The first kappa shape index (κ1) is 36.9. The molecule has 0 saturated carbocycles. The van der Waals surface area contributed by atoms with Gasteiger partial charge in [-0.05, 0) is 93.7 Å². The maximum Gasteiger partial charge on any atom is 2.00 e. The zero-order valence-electron chi connectivity index (χ0n) is 28.4. The summed E-state index contributed by atoms with van der Waals surface area (Å²) in [6.07, 6.45) is 1.52. The summed E-state index contributed by atoms with van der Waals surface area (Å²) < 4.78 is 0. The van der Waals surface area contributed by atoms with Crippen LogP contribution in [-0.2, 0) is 34.4 Å². The zero-order valence-corrected chi connectivity index (χ0v) is 30.2. The minimum absolute atomic E-state index is 0. The van der Waals surface area contributed by atoms with Gasteiger partial charge in [0.05, 0.1) is 23.4 Å². The van der Waals surface area contributed by atoms with Gasteiger partial charge in [0.1, 0.15) is 0 Å². The number of nitrogens with two attached hydrogens (primary N) is 1. The normalized spacial score (nSPS) is 14.0. The molecule has 2 N–H and O–H groups in total. The van der Waals surface area contributed by atoms with Gasteiger partial charge in [-0.25, -0.2) is 0 Å². The van der Waals surface area contributed by atoms with Crippen molar-refractivity contribution < 1.29 is 31.5 Å². The third-order valence-electron chi connectivity index (χ3n) is 9.42. The molecular formula is C43H37ClN4NiO3. The van der Waals surface area contributed by atoms with Gasteiger partial charge in [-0.1, -0.05) is 115 Å². The van der Waals surface area contributed by atoms with Crippen LogP contribution in [0.1, 0.15) is 41.5 Å². The number of nitrogens with zero attached hydrogens (tertiary/aromatic N) is 3. The van der Waals surface area contributed by atoms with E-state index in [1.165, 1.54) is 32.7 Å². The van der Waals surface area contributed by atoms with Crippen LogP contribution >= 0.6 is 11.6 Å². The smallest absolute Gasteiger partial charge is 0.861 e. The summed E-state index contributed by atoms with van der Waals surface area (Å²) in [5.74, 6) is -1.61. The first-order chi connectivity index (χ1) is 24.9. The molecular weight excluding hydrogens is 715 g/mol. The largest absolute Gasteiger partial charge is 2.00 e. The summed E-state index contributed by atoms with van der Waals surface area (Å²) in [5.41, 5.74) is 12.2. The van der Waals surface area contributed by atoms with Crippen LogP contribution in [0.3, 0.4) is 0 Å². The van der Waals surface area contributed by atoms with Crippen molar-refractivity contribution >= 4 is 56.4 Å². The molecule has 264 valence electrons. The van der Waals surface area contributed by atoms with E-state index in [-0.39, 0.29) is 35.4 Å². The topological polar surface area (TPSA) is 117 Å². The molecule has 0 radical (unpaired) electrons. The summed E-state index contributed by atoms with van der Waals surface area (Å²) in [6.45, 7) is 1.64. The number of carbonyl (C=O) groups excluding carboxylic acids is 1. The number of carbonyl (C=O) groups is 1. The van der Waals surface area contributed by atoms with E-state index in [2.05, 4.69) is 82.7 Å². The van der Waals surface area contributed by atoms with Gasteiger partial charge in [0, 0.05) is 35.8 Å². The van der Waals surface area contributed by atoms with Crippen LogP contribution in [0.5, 0.6) is 0 Å².